The van der Waals surface area contributed by atoms with Crippen LogP contribution in [-0.2, 0) is 14.3 Å². The van der Waals surface area contributed by atoms with Gasteiger partial charge in [-0.15, -0.1) is 0 Å². The summed E-state index contributed by atoms with van der Waals surface area (Å²) in [6.07, 6.45) is 0. The molecule has 16 heavy (non-hydrogen) atoms. The summed E-state index contributed by atoms with van der Waals surface area (Å²) in [5.41, 5.74) is 8.43. The van der Waals surface area contributed by atoms with Gasteiger partial charge >= 0.3 is 11.8 Å². The van der Waals surface area contributed by atoms with Gasteiger partial charge in [0.1, 0.15) is 11.7 Å². The maximum Gasteiger partial charge on any atom is 0.446 e. The first-order valence-electron chi connectivity index (χ1n) is 4.53. The highest BCUT2D eigenvalue weighted by Gasteiger charge is 2.37. The lowest BCUT2D eigenvalue weighted by atomic mass is 10.2. The maximum absolute atomic E-state index is 11.5. The smallest absolute Gasteiger partial charge is 0.446 e. The van der Waals surface area contributed by atoms with Gasteiger partial charge in [-0.3, -0.25) is 0 Å². The molecule has 1 heterocycles. The zero-order valence-electron chi connectivity index (χ0n) is 8.58. The van der Waals surface area contributed by atoms with Crippen molar-refractivity contribution >= 4 is 11.8 Å². The molecule has 0 atom stereocenters. The van der Waals surface area contributed by atoms with Crippen molar-refractivity contribution in [1.29, 1.82) is 0 Å². The quantitative estimate of drug-likeness (QED) is 0.399. The minimum absolute atomic E-state index is 0.0457. The van der Waals surface area contributed by atoms with Crippen LogP contribution in [0.2, 0.25) is 0 Å². The standard InChI is InChI=1S/C8H10N4O4/c1-2-15-8(14)5-6(10-9)11-12-7(5)16-4-3-13/h13H,2-4H2,1H3. The molecule has 86 valence electrons. The third-order valence-electron chi connectivity index (χ3n) is 1.58. The van der Waals surface area contributed by atoms with E-state index < -0.39 is 5.97 Å². The zero-order valence-corrected chi connectivity index (χ0v) is 8.58. The lowest BCUT2D eigenvalue weighted by Gasteiger charge is -2.02. The number of amidine groups is 1. The van der Waals surface area contributed by atoms with Gasteiger partial charge in [-0.05, 0) is 6.92 Å². The largest absolute Gasteiger partial charge is 0.497 e. The number of esters is 1. The molecule has 8 heteroatoms. The Balaban J connectivity index is 2.94. The van der Waals surface area contributed by atoms with E-state index in [1.807, 2.05) is 0 Å². The molecule has 0 aromatic rings. The van der Waals surface area contributed by atoms with Gasteiger partial charge in [0.2, 0.25) is 5.57 Å². The van der Waals surface area contributed by atoms with Crippen LogP contribution in [0.5, 0.6) is 0 Å². The highest BCUT2D eigenvalue weighted by atomic mass is 16.5. The highest BCUT2D eigenvalue weighted by molar-refractivity contribution is 6.18. The summed E-state index contributed by atoms with van der Waals surface area (Å²) in [5.74, 6) is -1.14. The Labute approximate surface area is 90.8 Å². The highest BCUT2D eigenvalue weighted by Crippen LogP contribution is 2.19. The van der Waals surface area contributed by atoms with E-state index in [0.717, 1.165) is 0 Å². The van der Waals surface area contributed by atoms with E-state index >= 15 is 0 Å². The topological polar surface area (TPSA) is 117 Å². The predicted molar refractivity (Wildman–Crippen MR) is 50.2 cm³/mol. The van der Waals surface area contributed by atoms with Crippen LogP contribution in [0.4, 0.5) is 0 Å². The summed E-state index contributed by atoms with van der Waals surface area (Å²) >= 11 is 0. The number of carbonyl (C=O) groups is 1. The van der Waals surface area contributed by atoms with Gasteiger partial charge in [0.25, 0.3) is 5.88 Å². The fourth-order valence-electron chi connectivity index (χ4n) is 0.984. The Morgan fingerprint density at radius 1 is 1.56 bits per heavy atom. The van der Waals surface area contributed by atoms with Crippen molar-refractivity contribution in [3.63, 3.8) is 0 Å². The molecule has 0 bridgehead atoms. The SMILES string of the molecule is CCOC(=O)C1=C(OCCO)N=NC1=[N+]=[N-]. The van der Waals surface area contributed by atoms with E-state index in [1.165, 1.54) is 0 Å². The monoisotopic (exact) mass is 226 g/mol. The summed E-state index contributed by atoms with van der Waals surface area (Å²) in [7, 11) is 0. The Morgan fingerprint density at radius 3 is 2.88 bits per heavy atom. The number of hydrogen-bond acceptors (Lipinski definition) is 5. The first-order valence-corrected chi connectivity index (χ1v) is 4.53. The zero-order chi connectivity index (χ0) is 12.0. The van der Waals surface area contributed by atoms with Gasteiger partial charge in [0.15, 0.2) is 0 Å². The number of nitrogens with zero attached hydrogens (tertiary/aromatic N) is 4. The second-order valence-electron chi connectivity index (χ2n) is 2.60. The van der Waals surface area contributed by atoms with Gasteiger partial charge in [0, 0.05) is 5.11 Å². The summed E-state index contributed by atoms with van der Waals surface area (Å²) in [5, 5.41) is 15.5. The van der Waals surface area contributed by atoms with Crippen LogP contribution in [0.3, 0.4) is 0 Å². The lowest BCUT2D eigenvalue weighted by molar-refractivity contribution is -0.138. The molecular formula is C8H10N4O4. The third-order valence-corrected chi connectivity index (χ3v) is 1.58. The van der Waals surface area contributed by atoms with Crippen molar-refractivity contribution in [2.24, 2.45) is 10.2 Å². The van der Waals surface area contributed by atoms with Gasteiger partial charge in [-0.1, -0.05) is 0 Å². The molecule has 0 aromatic carbocycles. The summed E-state index contributed by atoms with van der Waals surface area (Å²) in [6, 6.07) is 0. The number of carbonyl (C=O) groups excluding carboxylic acids is 1. The van der Waals surface area contributed by atoms with Crippen molar-refractivity contribution < 1.29 is 24.2 Å². The Bertz CT molecular complexity index is 395. The summed E-state index contributed by atoms with van der Waals surface area (Å²) in [4.78, 5) is 14.2. The minimum atomic E-state index is -0.742. The van der Waals surface area contributed by atoms with E-state index in [2.05, 4.69) is 15.0 Å². The van der Waals surface area contributed by atoms with E-state index in [0.29, 0.717) is 0 Å². The van der Waals surface area contributed by atoms with E-state index in [1.54, 1.807) is 6.92 Å². The fourth-order valence-corrected chi connectivity index (χ4v) is 0.984. The molecule has 1 aliphatic rings. The molecule has 0 unspecified atom stereocenters. The van der Waals surface area contributed by atoms with E-state index in [-0.39, 0.29) is 37.1 Å². The molecular weight excluding hydrogens is 216 g/mol. The first-order chi connectivity index (χ1) is 7.74. The van der Waals surface area contributed by atoms with Crippen LogP contribution in [0.25, 0.3) is 5.53 Å². The number of aliphatic hydroxyl groups is 1. The number of ether oxygens (including phenoxy) is 2. The Hall–Kier alpha value is -2.05. The number of rotatable bonds is 5. The number of azo groups is 1. The second kappa shape index (κ2) is 5.74. The van der Waals surface area contributed by atoms with E-state index in [4.69, 9.17) is 20.1 Å². The van der Waals surface area contributed by atoms with Crippen LogP contribution < -0.4 is 0 Å². The van der Waals surface area contributed by atoms with Gasteiger partial charge in [0.05, 0.1) is 13.2 Å². The molecule has 8 nitrogen and oxygen atoms in total. The average Bonchev–Trinajstić information content (AvgIpc) is 2.69. The second-order valence-corrected chi connectivity index (χ2v) is 2.60. The van der Waals surface area contributed by atoms with Crippen LogP contribution in [0.1, 0.15) is 6.92 Å². The molecule has 0 amide bonds. The molecule has 0 aliphatic carbocycles. The lowest BCUT2D eigenvalue weighted by Crippen LogP contribution is -2.15. The molecule has 0 saturated heterocycles. The average molecular weight is 226 g/mol. The van der Waals surface area contributed by atoms with Crippen LogP contribution >= 0.6 is 0 Å². The molecule has 1 aliphatic heterocycles. The molecule has 0 spiro atoms. The maximum atomic E-state index is 11.5. The fraction of sp³-hybridized carbons (Fsp3) is 0.500. The normalized spacial score (nSPS) is 14.0. The van der Waals surface area contributed by atoms with Crippen LogP contribution in [-0.4, -0.2) is 41.5 Å². The van der Waals surface area contributed by atoms with E-state index in [9.17, 15) is 4.79 Å². The van der Waals surface area contributed by atoms with Crippen molar-refractivity contribution in [2.45, 2.75) is 6.92 Å². The molecule has 0 radical (unpaired) electrons. The molecule has 1 N–H and O–H groups in total. The van der Waals surface area contributed by atoms with Crippen molar-refractivity contribution in [1.82, 2.24) is 0 Å². The first kappa shape index (κ1) is 12.0. The summed E-state index contributed by atoms with van der Waals surface area (Å²) < 4.78 is 9.66. The van der Waals surface area contributed by atoms with Crippen LogP contribution in [0.15, 0.2) is 21.7 Å². The van der Waals surface area contributed by atoms with Crippen molar-refractivity contribution in [3.8, 4) is 0 Å². The Morgan fingerprint density at radius 2 is 2.31 bits per heavy atom. The van der Waals surface area contributed by atoms with Gasteiger partial charge in [-0.25, -0.2) is 4.79 Å². The molecule has 0 saturated carbocycles. The van der Waals surface area contributed by atoms with Gasteiger partial charge in [-0.2, -0.15) is 0 Å². The number of hydrogen-bond donors (Lipinski definition) is 1. The minimum Gasteiger partial charge on any atom is -0.497 e. The van der Waals surface area contributed by atoms with Crippen LogP contribution in [0, 0.1) is 0 Å². The van der Waals surface area contributed by atoms with Crippen molar-refractivity contribution in [3.05, 3.63) is 17.0 Å². The third kappa shape index (κ3) is 2.50. The summed E-state index contributed by atoms with van der Waals surface area (Å²) in [6.45, 7) is 1.51. The van der Waals surface area contributed by atoms with Crippen molar-refractivity contribution in [2.75, 3.05) is 19.8 Å². The predicted octanol–water partition coefficient (Wildman–Crippen LogP) is -0.136. The molecule has 0 fully saturated rings. The Kier molecular flexibility index (Phi) is 4.31. The van der Waals surface area contributed by atoms with Gasteiger partial charge < -0.3 is 24.9 Å². The molecule has 0 aromatic heterocycles. The number of aliphatic hydroxyl groups excluding tert-OH is 1. The molecule has 1 rings (SSSR count).